The van der Waals surface area contributed by atoms with Crippen LogP contribution in [0.4, 0.5) is 13.2 Å². The summed E-state index contributed by atoms with van der Waals surface area (Å²) >= 11 is 0. The van der Waals surface area contributed by atoms with Crippen molar-refractivity contribution < 1.29 is 18.3 Å². The number of hydrogen-bond donors (Lipinski definition) is 3. The van der Waals surface area contributed by atoms with E-state index >= 15 is 0 Å². The fourth-order valence-corrected chi connectivity index (χ4v) is 4.64. The number of hydrogen-bond acceptors (Lipinski definition) is 5. The van der Waals surface area contributed by atoms with Gasteiger partial charge in [0.25, 0.3) is 0 Å². The van der Waals surface area contributed by atoms with E-state index in [2.05, 4.69) is 25.6 Å². The number of aliphatic hydroxyl groups is 1. The van der Waals surface area contributed by atoms with Crippen molar-refractivity contribution in [2.24, 2.45) is 0 Å². The van der Waals surface area contributed by atoms with Crippen molar-refractivity contribution in [3.05, 3.63) is 60.2 Å². The molecule has 1 saturated carbocycles. The lowest BCUT2D eigenvalue weighted by Crippen LogP contribution is -2.52. The fraction of sp³-hybridized carbons (Fsp3) is 0.409. The number of alkyl halides is 3. The van der Waals surface area contributed by atoms with Crippen LogP contribution in [-0.2, 0) is 5.60 Å². The molecule has 1 atom stereocenters. The number of aromatic nitrogens is 5. The van der Waals surface area contributed by atoms with Crippen LogP contribution >= 0.6 is 0 Å². The van der Waals surface area contributed by atoms with Crippen LogP contribution in [0.1, 0.15) is 42.9 Å². The van der Waals surface area contributed by atoms with Crippen LogP contribution in [0, 0.1) is 0 Å². The first-order valence-corrected chi connectivity index (χ1v) is 10.6. The van der Waals surface area contributed by atoms with Gasteiger partial charge in [-0.2, -0.15) is 13.2 Å². The second-order valence-corrected chi connectivity index (χ2v) is 8.41. The maximum atomic E-state index is 13.7. The highest BCUT2D eigenvalue weighted by Gasteiger charge is 2.54. The third-order valence-corrected chi connectivity index (χ3v) is 6.48. The Balaban J connectivity index is 1.28. The minimum atomic E-state index is -4.78. The minimum Gasteiger partial charge on any atom is -0.375 e. The van der Waals surface area contributed by atoms with E-state index in [-0.39, 0.29) is 17.5 Å². The van der Waals surface area contributed by atoms with Crippen LogP contribution in [0.15, 0.2) is 48.9 Å². The molecule has 5 rings (SSSR count). The molecule has 0 aliphatic heterocycles. The number of aromatic amines is 1. The molecule has 32 heavy (non-hydrogen) atoms. The molecule has 0 amide bonds. The van der Waals surface area contributed by atoms with Crippen LogP contribution < -0.4 is 5.32 Å². The van der Waals surface area contributed by atoms with E-state index in [1.54, 1.807) is 16.9 Å². The zero-order valence-electron chi connectivity index (χ0n) is 17.2. The molecule has 1 aromatic carbocycles. The molecule has 0 bridgehead atoms. The Morgan fingerprint density at radius 2 is 1.84 bits per heavy atom. The zero-order valence-corrected chi connectivity index (χ0v) is 17.2. The summed E-state index contributed by atoms with van der Waals surface area (Å²) in [5.74, 6) is 0.168. The van der Waals surface area contributed by atoms with E-state index in [0.29, 0.717) is 12.8 Å². The molecule has 7 nitrogen and oxygen atoms in total. The Bertz CT molecular complexity index is 1210. The second kappa shape index (κ2) is 7.86. The maximum Gasteiger partial charge on any atom is 0.422 e. The third kappa shape index (κ3) is 3.53. The average Bonchev–Trinajstić information content (AvgIpc) is 3.44. The normalized spacial score (nSPS) is 21.8. The van der Waals surface area contributed by atoms with E-state index in [1.165, 1.54) is 24.3 Å². The van der Waals surface area contributed by atoms with Crippen molar-refractivity contribution in [3.8, 4) is 0 Å². The monoisotopic (exact) mass is 444 g/mol. The minimum absolute atomic E-state index is 0.111. The van der Waals surface area contributed by atoms with Crippen molar-refractivity contribution in [1.29, 1.82) is 0 Å². The molecule has 1 aliphatic rings. The summed E-state index contributed by atoms with van der Waals surface area (Å²) in [6, 6.07) is 9.06. The molecule has 3 heterocycles. The van der Waals surface area contributed by atoms with Crippen LogP contribution in [0.5, 0.6) is 0 Å². The molecule has 0 saturated heterocycles. The number of H-pyrrole nitrogens is 1. The molecular formula is C22H23F3N6O. The van der Waals surface area contributed by atoms with Crippen molar-refractivity contribution in [2.45, 2.75) is 49.4 Å². The molecule has 1 fully saturated rings. The van der Waals surface area contributed by atoms with Gasteiger partial charge in [-0.1, -0.05) is 35.5 Å². The van der Waals surface area contributed by atoms with Gasteiger partial charge in [-0.25, -0.2) is 9.50 Å². The lowest BCUT2D eigenvalue weighted by Gasteiger charge is -2.35. The van der Waals surface area contributed by atoms with Gasteiger partial charge in [-0.3, -0.25) is 0 Å². The van der Waals surface area contributed by atoms with Crippen LogP contribution in [-0.4, -0.2) is 48.7 Å². The second-order valence-electron chi connectivity index (χ2n) is 8.41. The van der Waals surface area contributed by atoms with Crippen molar-refractivity contribution >= 4 is 16.6 Å². The van der Waals surface area contributed by atoms with Gasteiger partial charge in [0.1, 0.15) is 17.5 Å². The van der Waals surface area contributed by atoms with Crippen LogP contribution in [0.2, 0.25) is 0 Å². The number of rotatable bonds is 5. The van der Waals surface area contributed by atoms with E-state index in [4.69, 9.17) is 0 Å². The predicted molar refractivity (Wildman–Crippen MR) is 112 cm³/mol. The smallest absolute Gasteiger partial charge is 0.375 e. The topological polar surface area (TPSA) is 91.1 Å². The molecule has 3 aromatic heterocycles. The SMILES string of the molecule is OC(CNC1CCC(c2nnn3cnc4[nH]ccc4c23)CC1)(c1ccccc1)C(F)(F)F. The highest BCUT2D eigenvalue weighted by atomic mass is 19.4. The highest BCUT2D eigenvalue weighted by molar-refractivity contribution is 5.92. The van der Waals surface area contributed by atoms with Crippen LogP contribution in [0.25, 0.3) is 16.6 Å². The zero-order chi connectivity index (χ0) is 22.3. The number of nitrogens with zero attached hydrogens (tertiary/aromatic N) is 4. The Labute approximate surface area is 181 Å². The number of benzene rings is 1. The Morgan fingerprint density at radius 1 is 1.09 bits per heavy atom. The lowest BCUT2D eigenvalue weighted by atomic mass is 9.83. The fourth-order valence-electron chi connectivity index (χ4n) is 4.64. The molecule has 10 heteroatoms. The molecule has 4 aromatic rings. The van der Waals surface area contributed by atoms with E-state index in [0.717, 1.165) is 35.1 Å². The van der Waals surface area contributed by atoms with Gasteiger partial charge in [-0.05, 0) is 37.3 Å². The van der Waals surface area contributed by atoms with Crippen molar-refractivity contribution in [3.63, 3.8) is 0 Å². The number of halogens is 3. The number of fused-ring (bicyclic) bond motifs is 3. The first kappa shape index (κ1) is 20.9. The van der Waals surface area contributed by atoms with Gasteiger partial charge in [0.15, 0.2) is 5.60 Å². The van der Waals surface area contributed by atoms with Gasteiger partial charge < -0.3 is 15.4 Å². The molecule has 0 spiro atoms. The van der Waals surface area contributed by atoms with E-state index < -0.39 is 18.3 Å². The van der Waals surface area contributed by atoms with Crippen molar-refractivity contribution in [1.82, 2.24) is 30.1 Å². The van der Waals surface area contributed by atoms with Crippen LogP contribution in [0.3, 0.4) is 0 Å². The Hall–Kier alpha value is -2.98. The quantitative estimate of drug-likeness (QED) is 0.437. The van der Waals surface area contributed by atoms with Gasteiger partial charge in [-0.15, -0.1) is 5.10 Å². The summed E-state index contributed by atoms with van der Waals surface area (Å²) in [5.41, 5.74) is -0.506. The maximum absolute atomic E-state index is 13.7. The lowest BCUT2D eigenvalue weighted by molar-refractivity contribution is -0.264. The van der Waals surface area contributed by atoms with Gasteiger partial charge in [0.05, 0.1) is 5.69 Å². The summed E-state index contributed by atoms with van der Waals surface area (Å²) in [6.45, 7) is -0.583. The number of nitrogens with one attached hydrogen (secondary N) is 2. The standard InChI is InChI=1S/C22H23F3N6O/c23-22(24,25)21(32,15-4-2-1-3-5-15)12-27-16-8-6-14(7-9-16)18-19-17-10-11-26-20(17)28-13-31(19)30-29-18/h1-5,10-11,13-14,16,26-27,32H,6-9,12H2. The summed E-state index contributed by atoms with van der Waals surface area (Å²) in [6.07, 6.45) is 1.59. The van der Waals surface area contributed by atoms with Crippen molar-refractivity contribution in [2.75, 3.05) is 6.54 Å². The van der Waals surface area contributed by atoms with E-state index in [9.17, 15) is 18.3 Å². The van der Waals surface area contributed by atoms with Gasteiger partial charge >= 0.3 is 6.18 Å². The largest absolute Gasteiger partial charge is 0.422 e. The summed E-state index contributed by atoms with van der Waals surface area (Å²) < 4.78 is 42.8. The summed E-state index contributed by atoms with van der Waals surface area (Å²) in [7, 11) is 0. The first-order valence-electron chi connectivity index (χ1n) is 10.6. The van der Waals surface area contributed by atoms with Gasteiger partial charge in [0.2, 0.25) is 0 Å². The Morgan fingerprint density at radius 3 is 2.56 bits per heavy atom. The highest BCUT2D eigenvalue weighted by Crippen LogP contribution is 2.40. The third-order valence-electron chi connectivity index (χ3n) is 6.48. The molecular weight excluding hydrogens is 421 g/mol. The molecule has 1 aliphatic carbocycles. The van der Waals surface area contributed by atoms with Gasteiger partial charge in [0, 0.05) is 30.1 Å². The average molecular weight is 444 g/mol. The summed E-state index contributed by atoms with van der Waals surface area (Å²) in [4.78, 5) is 7.40. The first-order chi connectivity index (χ1) is 15.4. The molecule has 0 radical (unpaired) electrons. The van der Waals surface area contributed by atoms with E-state index in [1.807, 2.05) is 12.3 Å². The Kier molecular flexibility index (Phi) is 5.13. The molecule has 168 valence electrons. The molecule has 3 N–H and O–H groups in total. The molecule has 1 unspecified atom stereocenters. The summed E-state index contributed by atoms with van der Waals surface area (Å²) in [5, 5.41) is 23.0. The predicted octanol–water partition coefficient (Wildman–Crippen LogP) is 3.67.